The third kappa shape index (κ3) is 6.49. The fraction of sp³-hybridized carbons (Fsp3) is 0.267. The number of hydrogen-bond donors (Lipinski definition) is 2. The van der Waals surface area contributed by atoms with Gasteiger partial charge in [0.2, 0.25) is 5.91 Å². The summed E-state index contributed by atoms with van der Waals surface area (Å²) in [5.74, 6) is 0.446. The summed E-state index contributed by atoms with van der Waals surface area (Å²) in [5, 5.41) is 15.4. The Morgan fingerprint density at radius 3 is 2.32 bits per heavy atom. The Kier molecular flexibility index (Phi) is 7.80. The summed E-state index contributed by atoms with van der Waals surface area (Å²) in [5.41, 5.74) is 4.43. The summed E-state index contributed by atoms with van der Waals surface area (Å²) >= 11 is 0. The van der Waals surface area contributed by atoms with E-state index in [0.29, 0.717) is 17.9 Å². The molecule has 0 fully saturated rings. The first-order chi connectivity index (χ1) is 17.7. The van der Waals surface area contributed by atoms with Gasteiger partial charge in [0.15, 0.2) is 0 Å². The molecule has 2 aromatic carbocycles. The van der Waals surface area contributed by atoms with E-state index in [1.165, 1.54) is 0 Å². The maximum absolute atomic E-state index is 13.3. The average Bonchev–Trinajstić information content (AvgIpc) is 3.41. The third-order valence-corrected chi connectivity index (χ3v) is 6.28. The highest BCUT2D eigenvalue weighted by Gasteiger charge is 2.22. The fourth-order valence-electron chi connectivity index (χ4n) is 3.97. The zero-order valence-electron chi connectivity index (χ0n) is 21.6. The van der Waals surface area contributed by atoms with Crippen molar-refractivity contribution in [1.82, 2.24) is 19.9 Å². The number of amides is 1. The van der Waals surface area contributed by atoms with Crippen LogP contribution < -0.4 is 10.6 Å². The monoisotopic (exact) mass is 492 g/mol. The number of aromatic nitrogens is 3. The smallest absolute Gasteiger partial charge is 0.247 e. The van der Waals surface area contributed by atoms with Gasteiger partial charge >= 0.3 is 0 Å². The quantitative estimate of drug-likeness (QED) is 0.338. The van der Waals surface area contributed by atoms with Crippen LogP contribution >= 0.6 is 0 Å². The zero-order valence-corrected chi connectivity index (χ0v) is 21.6. The molecule has 2 heterocycles. The Hall–Kier alpha value is -4.28. The van der Waals surface area contributed by atoms with Gasteiger partial charge in [-0.2, -0.15) is 5.26 Å². The van der Waals surface area contributed by atoms with Crippen LogP contribution in [0.2, 0.25) is 0 Å². The van der Waals surface area contributed by atoms with E-state index in [2.05, 4.69) is 54.4 Å². The lowest BCUT2D eigenvalue weighted by Gasteiger charge is -2.21. The van der Waals surface area contributed by atoms with Gasteiger partial charge in [0.05, 0.1) is 35.5 Å². The van der Waals surface area contributed by atoms with Gasteiger partial charge in [0.25, 0.3) is 0 Å². The predicted molar refractivity (Wildman–Crippen MR) is 145 cm³/mol. The standard InChI is InChI=1S/C30H32N6O/c1-21(23-12-10-22(16-31)11-13-23)17-33-28(24-8-6-5-7-9-24)29(37)35-27-15-14-25(18-32-27)36-19-26(34-20-36)30(2,3)4/h5-15,18-21,28,33H,17H2,1-4H3,(H,32,35,37)/t21-,28-/m0/s1. The van der Waals surface area contributed by atoms with Crippen LogP contribution in [0.4, 0.5) is 5.82 Å². The Balaban J connectivity index is 1.45. The van der Waals surface area contributed by atoms with Crippen LogP contribution in [0.5, 0.6) is 0 Å². The van der Waals surface area contributed by atoms with E-state index in [1.807, 2.05) is 71.4 Å². The minimum absolute atomic E-state index is 0.0381. The average molecular weight is 493 g/mol. The van der Waals surface area contributed by atoms with Crippen LogP contribution in [-0.2, 0) is 10.2 Å². The fourth-order valence-corrected chi connectivity index (χ4v) is 3.97. The number of nitrogens with one attached hydrogen (secondary N) is 2. The van der Waals surface area contributed by atoms with Gasteiger partial charge < -0.3 is 15.2 Å². The first-order valence-electron chi connectivity index (χ1n) is 12.3. The summed E-state index contributed by atoms with van der Waals surface area (Å²) in [6.07, 6.45) is 5.50. The molecule has 2 N–H and O–H groups in total. The molecule has 4 rings (SSSR count). The van der Waals surface area contributed by atoms with Gasteiger partial charge in [-0.25, -0.2) is 9.97 Å². The molecule has 0 saturated carbocycles. The normalized spacial score (nSPS) is 12.9. The number of hydrogen-bond acceptors (Lipinski definition) is 5. The summed E-state index contributed by atoms with van der Waals surface area (Å²) < 4.78 is 1.93. The van der Waals surface area contributed by atoms with Crippen molar-refractivity contribution in [2.24, 2.45) is 0 Å². The second-order valence-electron chi connectivity index (χ2n) is 10.2. The minimum Gasteiger partial charge on any atom is -0.309 e. The van der Waals surface area contributed by atoms with Crippen LogP contribution in [0.1, 0.15) is 62.0 Å². The first-order valence-corrected chi connectivity index (χ1v) is 12.3. The second kappa shape index (κ2) is 11.2. The molecule has 7 heteroatoms. The molecule has 2 atom stereocenters. The molecule has 7 nitrogen and oxygen atoms in total. The van der Waals surface area contributed by atoms with E-state index in [-0.39, 0.29) is 17.2 Å². The lowest BCUT2D eigenvalue weighted by atomic mass is 9.93. The Bertz CT molecular complexity index is 1360. The Labute approximate surface area is 218 Å². The highest BCUT2D eigenvalue weighted by atomic mass is 16.2. The van der Waals surface area contributed by atoms with Gasteiger partial charge in [0, 0.05) is 18.2 Å². The molecule has 0 aliphatic heterocycles. The number of imidazole rings is 1. The van der Waals surface area contributed by atoms with Crippen molar-refractivity contribution >= 4 is 11.7 Å². The highest BCUT2D eigenvalue weighted by molar-refractivity contribution is 5.94. The van der Waals surface area contributed by atoms with Crippen molar-refractivity contribution in [2.75, 3.05) is 11.9 Å². The zero-order chi connectivity index (χ0) is 26.4. The van der Waals surface area contributed by atoms with Crippen LogP contribution in [0, 0.1) is 11.3 Å². The molecule has 0 unspecified atom stereocenters. The van der Waals surface area contributed by atoms with Crippen LogP contribution in [0.25, 0.3) is 5.69 Å². The van der Waals surface area contributed by atoms with Gasteiger partial charge in [0.1, 0.15) is 11.9 Å². The van der Waals surface area contributed by atoms with Crippen molar-refractivity contribution in [2.45, 2.75) is 45.1 Å². The van der Waals surface area contributed by atoms with E-state index in [1.54, 1.807) is 18.6 Å². The van der Waals surface area contributed by atoms with E-state index in [0.717, 1.165) is 22.5 Å². The van der Waals surface area contributed by atoms with E-state index in [9.17, 15) is 4.79 Å². The molecule has 0 bridgehead atoms. The van der Waals surface area contributed by atoms with Gasteiger partial charge in [-0.1, -0.05) is 70.2 Å². The first kappa shape index (κ1) is 25.8. The molecule has 37 heavy (non-hydrogen) atoms. The number of carbonyl (C=O) groups excluding carboxylic acids is 1. The minimum atomic E-state index is -0.550. The van der Waals surface area contributed by atoms with Gasteiger partial charge in [-0.3, -0.25) is 4.79 Å². The van der Waals surface area contributed by atoms with E-state index >= 15 is 0 Å². The molecular formula is C30H32N6O. The van der Waals surface area contributed by atoms with Crippen molar-refractivity contribution in [3.05, 3.63) is 108 Å². The molecule has 0 aliphatic carbocycles. The largest absolute Gasteiger partial charge is 0.309 e. The number of nitriles is 1. The van der Waals surface area contributed by atoms with Crippen LogP contribution in [0.15, 0.2) is 85.5 Å². The lowest BCUT2D eigenvalue weighted by molar-refractivity contribution is -0.118. The number of benzene rings is 2. The van der Waals surface area contributed by atoms with Crippen molar-refractivity contribution in [3.8, 4) is 11.8 Å². The van der Waals surface area contributed by atoms with Crippen molar-refractivity contribution in [1.29, 1.82) is 5.26 Å². The molecule has 0 saturated heterocycles. The number of pyridine rings is 1. The summed E-state index contributed by atoms with van der Waals surface area (Å²) in [7, 11) is 0. The Morgan fingerprint density at radius 1 is 1.00 bits per heavy atom. The van der Waals surface area contributed by atoms with Crippen LogP contribution in [-0.4, -0.2) is 27.0 Å². The summed E-state index contributed by atoms with van der Waals surface area (Å²) in [4.78, 5) is 22.3. The van der Waals surface area contributed by atoms with Gasteiger partial charge in [-0.15, -0.1) is 0 Å². The molecular weight excluding hydrogens is 460 g/mol. The molecule has 188 valence electrons. The number of rotatable bonds is 8. The summed E-state index contributed by atoms with van der Waals surface area (Å²) in [6, 6.07) is 22.5. The molecule has 2 aromatic heterocycles. The number of carbonyl (C=O) groups is 1. The van der Waals surface area contributed by atoms with Gasteiger partial charge in [-0.05, 0) is 41.3 Å². The van der Waals surface area contributed by atoms with E-state index < -0.39 is 6.04 Å². The third-order valence-electron chi connectivity index (χ3n) is 6.28. The SMILES string of the molecule is C[C@@H](CN[C@H](C(=O)Nc1ccc(-n2cnc(C(C)(C)C)c2)cn1)c1ccccc1)c1ccc(C#N)cc1. The second-order valence-corrected chi connectivity index (χ2v) is 10.2. The predicted octanol–water partition coefficient (Wildman–Crippen LogP) is 5.51. The maximum atomic E-state index is 13.3. The van der Waals surface area contributed by atoms with Crippen molar-refractivity contribution in [3.63, 3.8) is 0 Å². The number of nitrogens with zero attached hydrogens (tertiary/aromatic N) is 4. The molecule has 0 aliphatic rings. The lowest BCUT2D eigenvalue weighted by Crippen LogP contribution is -2.35. The maximum Gasteiger partial charge on any atom is 0.247 e. The number of anilines is 1. The summed E-state index contributed by atoms with van der Waals surface area (Å²) in [6.45, 7) is 9.05. The molecule has 0 radical (unpaired) electrons. The van der Waals surface area contributed by atoms with Crippen LogP contribution in [0.3, 0.4) is 0 Å². The highest BCUT2D eigenvalue weighted by Crippen LogP contribution is 2.22. The molecule has 0 spiro atoms. The van der Waals surface area contributed by atoms with E-state index in [4.69, 9.17) is 5.26 Å². The Morgan fingerprint density at radius 2 is 1.73 bits per heavy atom. The molecule has 4 aromatic rings. The topological polar surface area (TPSA) is 95.6 Å². The van der Waals surface area contributed by atoms with Crippen molar-refractivity contribution < 1.29 is 4.79 Å². The molecule has 1 amide bonds.